The molecule has 152 valence electrons. The molecule has 2 amide bonds. The van der Waals surface area contributed by atoms with E-state index in [1.54, 1.807) is 0 Å². The molecule has 0 saturated carbocycles. The molecule has 0 saturated heterocycles. The molecule has 0 aromatic rings. The Morgan fingerprint density at radius 3 is 2.19 bits per heavy atom. The average molecular weight is 414 g/mol. The van der Waals surface area contributed by atoms with E-state index >= 15 is 0 Å². The third-order valence-corrected chi connectivity index (χ3v) is 5.00. The van der Waals surface area contributed by atoms with Crippen LogP contribution in [0.15, 0.2) is 0 Å². The minimum absolute atomic E-state index is 0.0219. The minimum atomic E-state index is -4.73. The molecule has 0 aliphatic rings. The van der Waals surface area contributed by atoms with Crippen molar-refractivity contribution < 1.29 is 38.4 Å². The Morgan fingerprint density at radius 2 is 1.69 bits per heavy atom. The molecule has 26 heavy (non-hydrogen) atoms. The van der Waals surface area contributed by atoms with Gasteiger partial charge in [-0.15, -0.1) is 0 Å². The van der Waals surface area contributed by atoms with Gasteiger partial charge >= 0.3 is 7.82 Å². The fourth-order valence-electron chi connectivity index (χ4n) is 1.63. The van der Waals surface area contributed by atoms with Crippen molar-refractivity contribution in [3.8, 4) is 0 Å². The summed E-state index contributed by atoms with van der Waals surface area (Å²) in [5.74, 6) is -0.662. The molecule has 0 aromatic heterocycles. The lowest BCUT2D eigenvalue weighted by Gasteiger charge is -2.38. The molecule has 0 aliphatic heterocycles. The predicted molar refractivity (Wildman–Crippen MR) is 96.2 cm³/mol. The first-order valence-corrected chi connectivity index (χ1v) is 10.3. The molecular formula is C14H27N2O8PS. The highest BCUT2D eigenvalue weighted by Crippen LogP contribution is 2.41. The smallest absolute Gasteiger partial charge is 0.380 e. The molecule has 0 spiro atoms. The van der Waals surface area contributed by atoms with Crippen LogP contribution in [-0.4, -0.2) is 62.9 Å². The van der Waals surface area contributed by atoms with Gasteiger partial charge in [-0.2, -0.15) is 0 Å². The van der Waals surface area contributed by atoms with Crippen LogP contribution in [0, 0.1) is 5.41 Å². The number of hydrogen-bond acceptors (Lipinski definition) is 7. The van der Waals surface area contributed by atoms with Crippen LogP contribution in [0.5, 0.6) is 0 Å². The molecule has 0 radical (unpaired) electrons. The minimum Gasteiger partial charge on any atom is -0.380 e. The van der Waals surface area contributed by atoms with Crippen LogP contribution in [-0.2, 0) is 23.5 Å². The normalized spacial score (nSPS) is 14.4. The van der Waals surface area contributed by atoms with E-state index in [0.29, 0.717) is 12.3 Å². The summed E-state index contributed by atoms with van der Waals surface area (Å²) in [5.41, 5.74) is -3.29. The molecule has 0 heterocycles. The number of rotatable bonds is 11. The van der Waals surface area contributed by atoms with E-state index in [0.717, 1.165) is 11.8 Å². The lowest BCUT2D eigenvalue weighted by Crippen LogP contribution is -2.56. The highest BCUT2D eigenvalue weighted by molar-refractivity contribution is 8.13. The largest absolute Gasteiger partial charge is 0.469 e. The first-order valence-electron chi connectivity index (χ1n) is 7.80. The van der Waals surface area contributed by atoms with Crippen LogP contribution in [0.25, 0.3) is 0 Å². The van der Waals surface area contributed by atoms with Crippen molar-refractivity contribution in [1.82, 2.24) is 10.6 Å². The molecule has 0 bridgehead atoms. The van der Waals surface area contributed by atoms with Crippen molar-refractivity contribution >= 4 is 36.5 Å². The van der Waals surface area contributed by atoms with E-state index in [-0.39, 0.29) is 24.0 Å². The van der Waals surface area contributed by atoms with Gasteiger partial charge < -0.3 is 25.5 Å². The van der Waals surface area contributed by atoms with Gasteiger partial charge in [0.25, 0.3) is 5.91 Å². The maximum atomic E-state index is 12.2. The summed E-state index contributed by atoms with van der Waals surface area (Å²) in [6.45, 7) is 5.21. The van der Waals surface area contributed by atoms with Crippen molar-refractivity contribution in [2.45, 2.75) is 39.7 Å². The van der Waals surface area contributed by atoms with Crippen LogP contribution >= 0.6 is 19.6 Å². The van der Waals surface area contributed by atoms with E-state index in [2.05, 4.69) is 15.2 Å². The second kappa shape index (κ2) is 10.4. The summed E-state index contributed by atoms with van der Waals surface area (Å²) in [6, 6.07) is 0. The third-order valence-electron chi connectivity index (χ3n) is 3.72. The quantitative estimate of drug-likeness (QED) is 0.227. The lowest BCUT2D eigenvalue weighted by molar-refractivity contribution is -0.153. The Hall–Kier alpha value is -0.970. The van der Waals surface area contributed by atoms with Crippen molar-refractivity contribution in [2.75, 3.05) is 25.4 Å². The van der Waals surface area contributed by atoms with E-state index in [1.807, 2.05) is 0 Å². The van der Waals surface area contributed by atoms with Crippen LogP contribution in [0.2, 0.25) is 0 Å². The van der Waals surface area contributed by atoms with E-state index in [1.165, 1.54) is 27.7 Å². The molecule has 0 fully saturated rings. The Labute approximate surface area is 156 Å². The predicted octanol–water partition coefficient (Wildman–Crippen LogP) is -0.225. The summed E-state index contributed by atoms with van der Waals surface area (Å²) in [6.07, 6.45) is -0.0219. The number of amides is 2. The number of hydrogen-bond donors (Lipinski definition) is 5. The number of carbonyl (C=O) groups is 3. The third kappa shape index (κ3) is 9.65. The molecule has 0 rings (SSSR count). The van der Waals surface area contributed by atoms with Gasteiger partial charge in [0, 0.05) is 37.6 Å². The van der Waals surface area contributed by atoms with Crippen molar-refractivity contribution in [1.29, 1.82) is 0 Å². The molecule has 10 nitrogen and oxygen atoms in total. The molecular weight excluding hydrogens is 387 g/mol. The Bertz CT molecular complexity index is 561. The van der Waals surface area contributed by atoms with E-state index in [9.17, 15) is 24.1 Å². The summed E-state index contributed by atoms with van der Waals surface area (Å²) in [5, 5.41) is 15.4. The van der Waals surface area contributed by atoms with Gasteiger partial charge in [0.1, 0.15) is 5.60 Å². The number of phosphoric acid groups is 1. The zero-order valence-electron chi connectivity index (χ0n) is 15.3. The topological polar surface area (TPSA) is 162 Å². The van der Waals surface area contributed by atoms with Crippen molar-refractivity contribution in [2.24, 2.45) is 5.41 Å². The molecule has 5 N–H and O–H groups in total. The Balaban J connectivity index is 4.36. The zero-order valence-corrected chi connectivity index (χ0v) is 17.0. The zero-order chi connectivity index (χ0) is 20.6. The standard InChI is InChI=1S/C14H27N2O8PS/c1-10(17)26-8-7-15-11(18)5-6-16-12(19)14(4,20)13(2,3)9-24-25(21,22)23/h20H,5-9H2,1-4H3,(H,15,18)(H,16,19)(H2,21,22,23). The van der Waals surface area contributed by atoms with Crippen LogP contribution in [0.4, 0.5) is 0 Å². The van der Waals surface area contributed by atoms with Gasteiger partial charge in [-0.25, -0.2) is 4.57 Å². The van der Waals surface area contributed by atoms with E-state index < -0.39 is 31.4 Å². The Kier molecular flexibility index (Phi) is 10.00. The highest BCUT2D eigenvalue weighted by atomic mass is 32.2. The van der Waals surface area contributed by atoms with Crippen molar-refractivity contribution in [3.63, 3.8) is 0 Å². The molecule has 1 unspecified atom stereocenters. The molecule has 0 aromatic carbocycles. The fourth-order valence-corrected chi connectivity index (χ4v) is 2.61. The number of nitrogens with one attached hydrogen (secondary N) is 2. The van der Waals surface area contributed by atoms with Gasteiger partial charge in [-0.3, -0.25) is 18.9 Å². The van der Waals surface area contributed by atoms with Crippen LogP contribution < -0.4 is 10.6 Å². The number of carbonyl (C=O) groups excluding carboxylic acids is 3. The number of phosphoric ester groups is 1. The molecule has 0 aliphatic carbocycles. The second-order valence-electron chi connectivity index (χ2n) is 6.42. The van der Waals surface area contributed by atoms with Gasteiger partial charge in [0.2, 0.25) is 5.91 Å². The number of thioether (sulfide) groups is 1. The maximum Gasteiger partial charge on any atom is 0.469 e. The monoisotopic (exact) mass is 414 g/mol. The second-order valence-corrected chi connectivity index (χ2v) is 8.93. The fraction of sp³-hybridized carbons (Fsp3) is 0.786. The van der Waals surface area contributed by atoms with E-state index in [4.69, 9.17) is 9.79 Å². The molecule has 12 heteroatoms. The van der Waals surface area contributed by atoms with Gasteiger partial charge in [-0.1, -0.05) is 25.6 Å². The number of aliphatic hydroxyl groups is 1. The van der Waals surface area contributed by atoms with Crippen LogP contribution in [0.1, 0.15) is 34.1 Å². The van der Waals surface area contributed by atoms with Gasteiger partial charge in [0.15, 0.2) is 5.12 Å². The van der Waals surface area contributed by atoms with Crippen molar-refractivity contribution in [3.05, 3.63) is 0 Å². The summed E-state index contributed by atoms with van der Waals surface area (Å²) >= 11 is 1.09. The average Bonchev–Trinajstić information content (AvgIpc) is 2.48. The first kappa shape index (κ1) is 25.0. The maximum absolute atomic E-state index is 12.2. The summed E-state index contributed by atoms with van der Waals surface area (Å²) < 4.78 is 15.2. The van der Waals surface area contributed by atoms with Crippen LogP contribution in [0.3, 0.4) is 0 Å². The SMILES string of the molecule is CC(=O)SCCNC(=O)CCNC(=O)C(C)(O)C(C)(C)COP(=O)(O)O. The highest BCUT2D eigenvalue weighted by Gasteiger charge is 2.46. The molecule has 1 atom stereocenters. The van der Waals surface area contributed by atoms with Gasteiger partial charge in [0.05, 0.1) is 6.61 Å². The lowest BCUT2D eigenvalue weighted by atomic mass is 9.76. The van der Waals surface area contributed by atoms with Gasteiger partial charge in [-0.05, 0) is 6.92 Å². The Morgan fingerprint density at radius 1 is 1.12 bits per heavy atom. The summed E-state index contributed by atoms with van der Waals surface area (Å²) in [4.78, 5) is 52.0. The first-order chi connectivity index (χ1) is 11.7. The summed E-state index contributed by atoms with van der Waals surface area (Å²) in [7, 11) is -4.73.